The summed E-state index contributed by atoms with van der Waals surface area (Å²) in [5.41, 5.74) is -0.0821. The van der Waals surface area contributed by atoms with E-state index in [0.29, 0.717) is 5.76 Å². The average Bonchev–Trinajstić information content (AvgIpc) is 2.83. The van der Waals surface area contributed by atoms with E-state index in [-0.39, 0.29) is 22.2 Å². The van der Waals surface area contributed by atoms with Gasteiger partial charge < -0.3 is 19.7 Å². The number of phenols is 1. The summed E-state index contributed by atoms with van der Waals surface area (Å²) in [7, 11) is 0. The first kappa shape index (κ1) is 15.8. The molecule has 0 saturated carbocycles. The quantitative estimate of drug-likeness (QED) is 0.838. The molecule has 7 nitrogen and oxygen atoms in total. The second-order valence-corrected chi connectivity index (χ2v) is 4.96. The van der Waals surface area contributed by atoms with Crippen LogP contribution in [0.1, 0.15) is 23.0 Å². The Balaban J connectivity index is 1.99. The van der Waals surface area contributed by atoms with Gasteiger partial charge in [0.15, 0.2) is 11.9 Å². The Kier molecular flexibility index (Phi) is 4.67. The van der Waals surface area contributed by atoms with Gasteiger partial charge in [-0.05, 0) is 32.0 Å². The van der Waals surface area contributed by atoms with Gasteiger partial charge >= 0.3 is 5.97 Å². The number of amides is 1. The fourth-order valence-electron chi connectivity index (χ4n) is 1.61. The zero-order chi connectivity index (χ0) is 16.3. The molecule has 0 saturated heterocycles. The number of aryl methyl sites for hydroxylation is 1. The lowest BCUT2D eigenvalue weighted by Gasteiger charge is -2.12. The summed E-state index contributed by atoms with van der Waals surface area (Å²) in [4.78, 5) is 23.8. The number of hydrogen-bond acceptors (Lipinski definition) is 6. The molecule has 1 amide bonds. The van der Waals surface area contributed by atoms with Crippen LogP contribution in [0.15, 0.2) is 28.8 Å². The summed E-state index contributed by atoms with van der Waals surface area (Å²) in [5.74, 6) is -0.980. The number of hydrogen-bond donors (Lipinski definition) is 2. The normalized spacial score (nSPS) is 11.8. The number of aromatic nitrogens is 1. The van der Waals surface area contributed by atoms with Crippen LogP contribution in [0.25, 0.3) is 0 Å². The number of phenolic OH excluding ortho intramolecular Hbond substituents is 1. The number of carbonyl (C=O) groups excluding carboxylic acids is 2. The van der Waals surface area contributed by atoms with Crippen LogP contribution in [0.2, 0.25) is 5.02 Å². The van der Waals surface area contributed by atoms with Crippen LogP contribution in [0, 0.1) is 6.92 Å². The van der Waals surface area contributed by atoms with E-state index in [4.69, 9.17) is 20.9 Å². The number of aromatic hydroxyl groups is 1. The van der Waals surface area contributed by atoms with E-state index in [2.05, 4.69) is 10.5 Å². The Morgan fingerprint density at radius 1 is 1.41 bits per heavy atom. The number of halogens is 1. The Hall–Kier alpha value is -2.54. The fraction of sp³-hybridized carbons (Fsp3) is 0.214. The van der Waals surface area contributed by atoms with Crippen LogP contribution >= 0.6 is 11.6 Å². The molecule has 1 aromatic heterocycles. The monoisotopic (exact) mass is 324 g/mol. The number of benzene rings is 1. The van der Waals surface area contributed by atoms with Crippen LogP contribution < -0.4 is 5.32 Å². The van der Waals surface area contributed by atoms with Crippen LogP contribution in [0.5, 0.6) is 5.75 Å². The standard InChI is InChI=1S/C14H13ClN2O5/c1-7-5-12(17-22-7)16-13(19)8(2)21-14(20)10-4-3-9(15)6-11(10)18/h3-6,8,18H,1-2H3,(H,16,17,19)/t8-/m0/s1. The zero-order valence-electron chi connectivity index (χ0n) is 11.8. The van der Waals surface area contributed by atoms with Gasteiger partial charge in [0.25, 0.3) is 5.91 Å². The Morgan fingerprint density at radius 3 is 2.73 bits per heavy atom. The molecule has 1 atom stereocenters. The van der Waals surface area contributed by atoms with E-state index in [1.165, 1.54) is 31.2 Å². The number of ether oxygens (including phenoxy) is 1. The van der Waals surface area contributed by atoms with Gasteiger partial charge in [-0.3, -0.25) is 4.79 Å². The number of anilines is 1. The molecule has 0 bridgehead atoms. The van der Waals surface area contributed by atoms with Gasteiger partial charge in [-0.25, -0.2) is 4.79 Å². The predicted octanol–water partition coefficient (Wildman–Crippen LogP) is 2.53. The first-order valence-corrected chi connectivity index (χ1v) is 6.68. The van der Waals surface area contributed by atoms with Crippen molar-refractivity contribution in [3.63, 3.8) is 0 Å². The molecule has 1 heterocycles. The smallest absolute Gasteiger partial charge is 0.342 e. The lowest BCUT2D eigenvalue weighted by atomic mass is 10.2. The highest BCUT2D eigenvalue weighted by Gasteiger charge is 2.21. The van der Waals surface area contributed by atoms with Gasteiger partial charge in [0, 0.05) is 11.1 Å². The molecule has 116 valence electrons. The minimum Gasteiger partial charge on any atom is -0.507 e. The van der Waals surface area contributed by atoms with Gasteiger partial charge in [0.05, 0.1) is 0 Å². The number of nitrogens with zero attached hydrogens (tertiary/aromatic N) is 1. The van der Waals surface area contributed by atoms with Gasteiger partial charge in [0.1, 0.15) is 17.1 Å². The Labute approximate surface area is 130 Å². The topological polar surface area (TPSA) is 102 Å². The molecule has 0 aliphatic carbocycles. The minimum atomic E-state index is -1.08. The van der Waals surface area contributed by atoms with E-state index in [9.17, 15) is 14.7 Å². The van der Waals surface area contributed by atoms with E-state index < -0.39 is 18.0 Å². The summed E-state index contributed by atoms with van der Waals surface area (Å²) in [6, 6.07) is 5.48. The number of carbonyl (C=O) groups is 2. The van der Waals surface area contributed by atoms with E-state index in [0.717, 1.165) is 0 Å². The minimum absolute atomic E-state index is 0.0821. The van der Waals surface area contributed by atoms with Gasteiger partial charge in [0.2, 0.25) is 0 Å². The highest BCUT2D eigenvalue weighted by molar-refractivity contribution is 6.30. The van der Waals surface area contributed by atoms with Crippen molar-refractivity contribution in [1.82, 2.24) is 5.16 Å². The molecule has 22 heavy (non-hydrogen) atoms. The summed E-state index contributed by atoms with van der Waals surface area (Å²) in [6.45, 7) is 3.07. The third-order valence-corrected chi connectivity index (χ3v) is 2.95. The van der Waals surface area contributed by atoms with Crippen molar-refractivity contribution < 1.29 is 24.0 Å². The lowest BCUT2D eigenvalue weighted by molar-refractivity contribution is -0.123. The highest BCUT2D eigenvalue weighted by Crippen LogP contribution is 2.23. The van der Waals surface area contributed by atoms with Crippen LogP contribution in [0.4, 0.5) is 5.82 Å². The van der Waals surface area contributed by atoms with Crippen molar-refractivity contribution in [2.75, 3.05) is 5.32 Å². The predicted molar refractivity (Wildman–Crippen MR) is 77.9 cm³/mol. The SMILES string of the molecule is Cc1cc(NC(=O)[C@H](C)OC(=O)c2ccc(Cl)cc2O)no1. The number of rotatable bonds is 4. The molecule has 0 aliphatic rings. The molecule has 0 unspecified atom stereocenters. The molecule has 0 radical (unpaired) electrons. The Bertz CT molecular complexity index is 713. The third kappa shape index (κ3) is 3.76. The van der Waals surface area contributed by atoms with Crippen molar-refractivity contribution in [2.24, 2.45) is 0 Å². The maximum Gasteiger partial charge on any atom is 0.342 e. The van der Waals surface area contributed by atoms with Crippen LogP contribution in [0.3, 0.4) is 0 Å². The number of nitrogens with one attached hydrogen (secondary N) is 1. The molecule has 2 rings (SSSR count). The van der Waals surface area contributed by atoms with Crippen LogP contribution in [-0.4, -0.2) is 28.2 Å². The van der Waals surface area contributed by atoms with Crippen molar-refractivity contribution in [3.8, 4) is 5.75 Å². The van der Waals surface area contributed by atoms with Crippen molar-refractivity contribution in [3.05, 3.63) is 40.6 Å². The molecule has 2 aromatic rings. The zero-order valence-corrected chi connectivity index (χ0v) is 12.5. The van der Waals surface area contributed by atoms with Crippen LogP contribution in [-0.2, 0) is 9.53 Å². The lowest BCUT2D eigenvalue weighted by Crippen LogP contribution is -2.30. The molecule has 8 heteroatoms. The molecule has 2 N–H and O–H groups in total. The maximum atomic E-state index is 11.9. The van der Waals surface area contributed by atoms with Gasteiger partial charge in [-0.15, -0.1) is 0 Å². The van der Waals surface area contributed by atoms with E-state index >= 15 is 0 Å². The summed E-state index contributed by atoms with van der Waals surface area (Å²) in [6.07, 6.45) is -1.08. The average molecular weight is 325 g/mol. The maximum absolute atomic E-state index is 11.9. The summed E-state index contributed by atoms with van der Waals surface area (Å²) in [5, 5.41) is 16.0. The highest BCUT2D eigenvalue weighted by atomic mass is 35.5. The van der Waals surface area contributed by atoms with E-state index in [1.807, 2.05) is 0 Å². The summed E-state index contributed by atoms with van der Waals surface area (Å²) >= 11 is 5.68. The van der Waals surface area contributed by atoms with Gasteiger partial charge in [-0.1, -0.05) is 16.8 Å². The van der Waals surface area contributed by atoms with Crippen molar-refractivity contribution in [1.29, 1.82) is 0 Å². The molecular weight excluding hydrogens is 312 g/mol. The summed E-state index contributed by atoms with van der Waals surface area (Å²) < 4.78 is 9.79. The second kappa shape index (κ2) is 6.48. The second-order valence-electron chi connectivity index (χ2n) is 4.52. The van der Waals surface area contributed by atoms with Gasteiger partial charge in [-0.2, -0.15) is 0 Å². The Morgan fingerprint density at radius 2 is 2.14 bits per heavy atom. The van der Waals surface area contributed by atoms with E-state index in [1.54, 1.807) is 6.92 Å². The van der Waals surface area contributed by atoms with Crippen molar-refractivity contribution >= 4 is 29.3 Å². The fourth-order valence-corrected chi connectivity index (χ4v) is 1.77. The molecule has 0 fully saturated rings. The third-order valence-electron chi connectivity index (χ3n) is 2.71. The first-order valence-electron chi connectivity index (χ1n) is 6.30. The van der Waals surface area contributed by atoms with Crippen molar-refractivity contribution in [2.45, 2.75) is 20.0 Å². The largest absolute Gasteiger partial charge is 0.507 e. The molecule has 0 aliphatic heterocycles. The molecular formula is C14H13ClN2O5. The molecule has 0 spiro atoms. The molecule has 1 aromatic carbocycles. The first-order chi connectivity index (χ1) is 10.4. The number of esters is 1.